The average Bonchev–Trinajstić information content (AvgIpc) is 3.18. The Labute approximate surface area is 156 Å². The van der Waals surface area contributed by atoms with Gasteiger partial charge < -0.3 is 0 Å². The second-order valence-corrected chi connectivity index (χ2v) is 6.78. The zero-order valence-electron chi connectivity index (χ0n) is 14.7. The highest BCUT2D eigenvalue weighted by atomic mass is 16.1. The first-order valence-corrected chi connectivity index (χ1v) is 8.94. The van der Waals surface area contributed by atoms with Gasteiger partial charge in [0.2, 0.25) is 0 Å². The summed E-state index contributed by atoms with van der Waals surface area (Å²) in [5.41, 5.74) is 6.54. The SMILES string of the molecule is O=c1c2ccccc2ncn1Cc1cccc(-c2ccc3c(c2)C=NC3)c1. The van der Waals surface area contributed by atoms with Crippen LogP contribution in [-0.2, 0) is 13.1 Å². The molecule has 0 amide bonds. The van der Waals surface area contributed by atoms with Gasteiger partial charge >= 0.3 is 0 Å². The third kappa shape index (κ3) is 2.85. The zero-order valence-corrected chi connectivity index (χ0v) is 14.7. The summed E-state index contributed by atoms with van der Waals surface area (Å²) in [6.45, 7) is 1.27. The van der Waals surface area contributed by atoms with Gasteiger partial charge in [0.25, 0.3) is 5.56 Å². The molecule has 0 saturated heterocycles. The number of fused-ring (bicyclic) bond motifs is 2. The highest BCUT2D eigenvalue weighted by Gasteiger charge is 2.09. The molecule has 5 rings (SSSR count). The number of para-hydroxylation sites is 1. The van der Waals surface area contributed by atoms with E-state index in [0.717, 1.165) is 28.8 Å². The van der Waals surface area contributed by atoms with Gasteiger partial charge in [-0.05, 0) is 52.1 Å². The van der Waals surface area contributed by atoms with Gasteiger partial charge in [-0.15, -0.1) is 0 Å². The van der Waals surface area contributed by atoms with Crippen molar-refractivity contribution in [1.29, 1.82) is 0 Å². The minimum atomic E-state index is -0.0141. The number of hydrogen-bond donors (Lipinski definition) is 0. The predicted octanol–water partition coefficient (Wildman–Crippen LogP) is 4.04. The van der Waals surface area contributed by atoms with Crippen LogP contribution in [0, 0.1) is 0 Å². The van der Waals surface area contributed by atoms with Gasteiger partial charge in [0.1, 0.15) is 0 Å². The van der Waals surface area contributed by atoms with Crippen molar-refractivity contribution in [2.45, 2.75) is 13.1 Å². The van der Waals surface area contributed by atoms with Gasteiger partial charge in [0.15, 0.2) is 0 Å². The van der Waals surface area contributed by atoms with Crippen molar-refractivity contribution >= 4 is 17.1 Å². The molecule has 0 saturated carbocycles. The summed E-state index contributed by atoms with van der Waals surface area (Å²) < 4.78 is 1.66. The maximum atomic E-state index is 12.7. The first kappa shape index (κ1) is 15.7. The molecule has 0 fully saturated rings. The maximum absolute atomic E-state index is 12.7. The van der Waals surface area contributed by atoms with Crippen LogP contribution in [0.2, 0.25) is 0 Å². The quantitative estimate of drug-likeness (QED) is 0.559. The van der Waals surface area contributed by atoms with Crippen molar-refractivity contribution in [2.75, 3.05) is 0 Å². The van der Waals surface area contributed by atoms with E-state index in [2.05, 4.69) is 40.3 Å². The topological polar surface area (TPSA) is 47.2 Å². The van der Waals surface area contributed by atoms with E-state index in [9.17, 15) is 4.79 Å². The van der Waals surface area contributed by atoms with E-state index in [1.54, 1.807) is 10.9 Å². The van der Waals surface area contributed by atoms with Crippen molar-refractivity contribution in [2.24, 2.45) is 4.99 Å². The molecule has 3 aromatic carbocycles. The van der Waals surface area contributed by atoms with Gasteiger partial charge in [0.05, 0.1) is 30.3 Å². The molecule has 27 heavy (non-hydrogen) atoms. The molecule has 1 aromatic heterocycles. The first-order valence-electron chi connectivity index (χ1n) is 8.94. The second-order valence-electron chi connectivity index (χ2n) is 6.78. The standard InChI is InChI=1S/C23H17N3O/c27-23-21-6-1-2-7-22(21)25-15-26(23)14-16-4-3-5-17(10-16)18-8-9-19-12-24-13-20(19)11-18/h1-11,13,15H,12,14H2. The van der Waals surface area contributed by atoms with Gasteiger partial charge in [0, 0.05) is 6.21 Å². The molecule has 0 radical (unpaired) electrons. The number of hydrogen-bond acceptors (Lipinski definition) is 3. The van der Waals surface area contributed by atoms with Crippen LogP contribution < -0.4 is 5.56 Å². The summed E-state index contributed by atoms with van der Waals surface area (Å²) in [6, 6.07) is 22.2. The Balaban J connectivity index is 1.50. The number of rotatable bonds is 3. The van der Waals surface area contributed by atoms with Crippen LogP contribution in [-0.4, -0.2) is 15.8 Å². The summed E-state index contributed by atoms with van der Waals surface area (Å²) in [4.78, 5) is 21.5. The number of aliphatic imine (C=N–C) groups is 1. The Kier molecular flexibility index (Phi) is 3.68. The van der Waals surface area contributed by atoms with Crippen LogP contribution in [0.5, 0.6) is 0 Å². The van der Waals surface area contributed by atoms with E-state index in [-0.39, 0.29) is 5.56 Å². The summed E-state index contributed by atoms with van der Waals surface area (Å²) in [6.07, 6.45) is 3.56. The minimum absolute atomic E-state index is 0.0141. The Morgan fingerprint density at radius 2 is 1.81 bits per heavy atom. The summed E-state index contributed by atoms with van der Waals surface area (Å²) in [5.74, 6) is 0. The molecular weight excluding hydrogens is 334 g/mol. The van der Waals surface area contributed by atoms with Crippen LogP contribution in [0.4, 0.5) is 0 Å². The van der Waals surface area contributed by atoms with Gasteiger partial charge in [-0.2, -0.15) is 0 Å². The van der Waals surface area contributed by atoms with E-state index in [1.165, 1.54) is 11.1 Å². The molecule has 0 unspecified atom stereocenters. The van der Waals surface area contributed by atoms with Crippen molar-refractivity contribution in [1.82, 2.24) is 9.55 Å². The molecule has 1 aliphatic rings. The van der Waals surface area contributed by atoms with Gasteiger partial charge in [-0.3, -0.25) is 14.4 Å². The van der Waals surface area contributed by atoms with E-state index in [4.69, 9.17) is 0 Å². The first-order chi connectivity index (χ1) is 13.3. The monoisotopic (exact) mass is 351 g/mol. The van der Waals surface area contributed by atoms with Gasteiger partial charge in [-0.1, -0.05) is 42.5 Å². The molecular formula is C23H17N3O. The highest BCUT2D eigenvalue weighted by molar-refractivity contribution is 5.87. The molecule has 0 N–H and O–H groups in total. The fraction of sp³-hybridized carbons (Fsp3) is 0.0870. The molecule has 1 aliphatic heterocycles. The van der Waals surface area contributed by atoms with Crippen LogP contribution >= 0.6 is 0 Å². The molecule has 0 spiro atoms. The summed E-state index contributed by atoms with van der Waals surface area (Å²) in [5, 5.41) is 0.647. The second kappa shape index (κ2) is 6.32. The molecule has 4 aromatic rings. The Morgan fingerprint density at radius 1 is 0.926 bits per heavy atom. The van der Waals surface area contributed by atoms with Crippen molar-refractivity contribution in [3.05, 3.63) is 100 Å². The molecule has 0 aliphatic carbocycles. The zero-order chi connectivity index (χ0) is 18.2. The van der Waals surface area contributed by atoms with Crippen molar-refractivity contribution < 1.29 is 0 Å². The van der Waals surface area contributed by atoms with Crippen LogP contribution in [0.15, 0.2) is 82.8 Å². The third-order valence-corrected chi connectivity index (χ3v) is 4.98. The Bertz CT molecular complexity index is 1250. The van der Waals surface area contributed by atoms with Crippen LogP contribution in [0.3, 0.4) is 0 Å². The lowest BCUT2D eigenvalue weighted by atomic mass is 9.99. The molecule has 130 valence electrons. The molecule has 4 nitrogen and oxygen atoms in total. The van der Waals surface area contributed by atoms with Crippen molar-refractivity contribution in [3.8, 4) is 11.1 Å². The van der Waals surface area contributed by atoms with Gasteiger partial charge in [-0.25, -0.2) is 4.98 Å². The average molecular weight is 351 g/mol. The minimum Gasteiger partial charge on any atom is -0.294 e. The fourth-order valence-corrected chi connectivity index (χ4v) is 3.55. The van der Waals surface area contributed by atoms with E-state index < -0.39 is 0 Å². The normalized spacial score (nSPS) is 12.4. The maximum Gasteiger partial charge on any atom is 0.261 e. The molecule has 0 bridgehead atoms. The molecule has 4 heteroatoms. The van der Waals surface area contributed by atoms with E-state index in [0.29, 0.717) is 11.9 Å². The largest absolute Gasteiger partial charge is 0.294 e. The third-order valence-electron chi connectivity index (χ3n) is 4.98. The lowest BCUT2D eigenvalue weighted by Gasteiger charge is -2.09. The van der Waals surface area contributed by atoms with E-state index in [1.807, 2.05) is 42.6 Å². The lowest BCUT2D eigenvalue weighted by Crippen LogP contribution is -2.21. The van der Waals surface area contributed by atoms with E-state index >= 15 is 0 Å². The molecule has 2 heterocycles. The van der Waals surface area contributed by atoms with Crippen molar-refractivity contribution in [3.63, 3.8) is 0 Å². The number of nitrogens with zero attached hydrogens (tertiary/aromatic N) is 3. The Morgan fingerprint density at radius 3 is 2.78 bits per heavy atom. The highest BCUT2D eigenvalue weighted by Crippen LogP contribution is 2.25. The predicted molar refractivity (Wildman–Crippen MR) is 108 cm³/mol. The van der Waals surface area contributed by atoms with Crippen LogP contribution in [0.25, 0.3) is 22.0 Å². The number of aromatic nitrogens is 2. The Hall–Kier alpha value is -3.53. The fourth-order valence-electron chi connectivity index (χ4n) is 3.55. The molecule has 0 atom stereocenters. The summed E-state index contributed by atoms with van der Waals surface area (Å²) in [7, 11) is 0. The lowest BCUT2D eigenvalue weighted by molar-refractivity contribution is 0.748. The smallest absolute Gasteiger partial charge is 0.261 e. The summed E-state index contributed by atoms with van der Waals surface area (Å²) >= 11 is 0. The number of benzene rings is 3. The van der Waals surface area contributed by atoms with Crippen LogP contribution in [0.1, 0.15) is 16.7 Å².